The molecule has 3 N–H and O–H groups in total. The molecule has 1 aromatic carbocycles. The highest BCUT2D eigenvalue weighted by atomic mass is 19.2. The molecule has 25 heavy (non-hydrogen) atoms. The second kappa shape index (κ2) is 5.46. The lowest BCUT2D eigenvalue weighted by molar-refractivity contribution is -0.124. The van der Waals surface area contributed by atoms with Crippen LogP contribution in [0, 0.1) is 34.8 Å². The van der Waals surface area contributed by atoms with E-state index in [0.29, 0.717) is 23.3 Å². The summed E-state index contributed by atoms with van der Waals surface area (Å²) in [5.41, 5.74) is 5.56. The van der Waals surface area contributed by atoms with Gasteiger partial charge in [-0.15, -0.1) is 0 Å². The molecule has 1 heterocycles. The Morgan fingerprint density at radius 2 is 2.12 bits per heavy atom. The molecule has 2 aliphatic carbocycles. The summed E-state index contributed by atoms with van der Waals surface area (Å²) in [5.74, 6) is -1.72. The fourth-order valence-corrected chi connectivity index (χ4v) is 3.53. The van der Waals surface area contributed by atoms with Gasteiger partial charge in [-0.25, -0.2) is 8.78 Å². The van der Waals surface area contributed by atoms with E-state index in [4.69, 9.17) is 5.73 Å². The number of nitrogens with one attached hydrogen (secondary N) is 1. The number of rotatable bonds is 4. The van der Waals surface area contributed by atoms with Gasteiger partial charge in [-0.1, -0.05) is 6.07 Å². The number of pyridine rings is 1. The third-order valence-electron chi connectivity index (χ3n) is 5.25. The number of nitrogens with zero attached hydrogens (tertiary/aromatic N) is 2. The molecule has 3 atom stereocenters. The third kappa shape index (κ3) is 2.53. The zero-order valence-corrected chi connectivity index (χ0v) is 13.3. The van der Waals surface area contributed by atoms with Gasteiger partial charge >= 0.3 is 0 Å². The molecule has 0 saturated heterocycles. The summed E-state index contributed by atoms with van der Waals surface area (Å²) < 4.78 is 27.4. The van der Waals surface area contributed by atoms with Crippen LogP contribution in [0.25, 0.3) is 10.8 Å². The zero-order chi connectivity index (χ0) is 17.8. The number of fused-ring (bicyclic) bond motifs is 1. The number of hydrogen-bond acceptors (Lipinski definition) is 4. The Bertz CT molecular complexity index is 921. The van der Waals surface area contributed by atoms with E-state index in [9.17, 15) is 18.8 Å². The van der Waals surface area contributed by atoms with Gasteiger partial charge in [0.05, 0.1) is 11.6 Å². The minimum atomic E-state index is -1.03. The van der Waals surface area contributed by atoms with Crippen molar-refractivity contribution < 1.29 is 13.6 Å². The molecule has 0 bridgehead atoms. The van der Waals surface area contributed by atoms with Crippen LogP contribution in [0.3, 0.4) is 0 Å². The van der Waals surface area contributed by atoms with E-state index in [-0.39, 0.29) is 17.2 Å². The first-order valence-electron chi connectivity index (χ1n) is 8.17. The number of carbonyl (C=O) groups excluding carboxylic acids is 1. The summed E-state index contributed by atoms with van der Waals surface area (Å²) in [6.07, 6.45) is 5.38. The zero-order valence-electron chi connectivity index (χ0n) is 13.3. The van der Waals surface area contributed by atoms with Crippen LogP contribution in [-0.4, -0.2) is 16.4 Å². The average Bonchev–Trinajstić information content (AvgIpc) is 3.51. The predicted molar refractivity (Wildman–Crippen MR) is 85.9 cm³/mol. The Morgan fingerprint density at radius 3 is 2.80 bits per heavy atom. The number of nitrogens with two attached hydrogens (primary N) is 1. The molecule has 0 aliphatic heterocycles. The fourth-order valence-electron chi connectivity index (χ4n) is 3.53. The maximum atomic E-state index is 13.9. The van der Waals surface area contributed by atoms with Crippen molar-refractivity contribution in [1.82, 2.24) is 10.3 Å². The van der Waals surface area contributed by atoms with Crippen molar-refractivity contribution in [2.24, 2.45) is 17.6 Å². The van der Waals surface area contributed by atoms with Crippen LogP contribution < -0.4 is 11.1 Å². The maximum Gasteiger partial charge on any atom is 0.241 e. The van der Waals surface area contributed by atoms with E-state index in [2.05, 4.69) is 10.3 Å². The van der Waals surface area contributed by atoms with Crippen LogP contribution in [0.2, 0.25) is 0 Å². The van der Waals surface area contributed by atoms with Crippen molar-refractivity contribution in [1.29, 1.82) is 5.26 Å². The Labute approximate surface area is 142 Å². The maximum absolute atomic E-state index is 13.9. The van der Waals surface area contributed by atoms with Crippen molar-refractivity contribution in [2.75, 3.05) is 0 Å². The highest BCUT2D eigenvalue weighted by Gasteiger charge is 2.62. The minimum Gasteiger partial charge on any atom is -0.335 e. The second-order valence-corrected chi connectivity index (χ2v) is 6.91. The molecular weight excluding hydrogens is 326 g/mol. The molecule has 2 fully saturated rings. The van der Waals surface area contributed by atoms with Gasteiger partial charge in [0.1, 0.15) is 6.04 Å². The van der Waals surface area contributed by atoms with Crippen LogP contribution in [-0.2, 0) is 4.79 Å². The smallest absolute Gasteiger partial charge is 0.241 e. The number of amides is 1. The summed E-state index contributed by atoms with van der Waals surface area (Å²) in [5, 5.41) is 12.4. The molecule has 2 aliphatic rings. The first-order valence-corrected chi connectivity index (χ1v) is 8.17. The predicted octanol–water partition coefficient (Wildman–Crippen LogP) is 2.32. The van der Waals surface area contributed by atoms with Crippen molar-refractivity contribution in [2.45, 2.75) is 30.8 Å². The number of carbonyl (C=O) groups is 1. The van der Waals surface area contributed by atoms with E-state index < -0.39 is 23.2 Å². The molecule has 1 aromatic heterocycles. The monoisotopic (exact) mass is 342 g/mol. The summed E-state index contributed by atoms with van der Waals surface area (Å²) in [4.78, 5) is 16.4. The second-order valence-electron chi connectivity index (χ2n) is 6.91. The Hall–Kier alpha value is -2.59. The third-order valence-corrected chi connectivity index (χ3v) is 5.25. The molecule has 5 nitrogen and oxygen atoms in total. The van der Waals surface area contributed by atoms with Gasteiger partial charge in [0.25, 0.3) is 0 Å². The average molecular weight is 342 g/mol. The van der Waals surface area contributed by atoms with Gasteiger partial charge in [-0.05, 0) is 42.6 Å². The van der Waals surface area contributed by atoms with E-state index in [1.807, 2.05) is 6.07 Å². The highest BCUT2D eigenvalue weighted by molar-refractivity contribution is 5.92. The topological polar surface area (TPSA) is 91.8 Å². The van der Waals surface area contributed by atoms with E-state index >= 15 is 0 Å². The van der Waals surface area contributed by atoms with Crippen LogP contribution in [0.5, 0.6) is 0 Å². The van der Waals surface area contributed by atoms with Gasteiger partial charge in [0.15, 0.2) is 11.6 Å². The Kier molecular flexibility index (Phi) is 3.48. The molecule has 0 spiro atoms. The number of aromatic nitrogens is 1. The van der Waals surface area contributed by atoms with E-state index in [1.165, 1.54) is 18.5 Å². The summed E-state index contributed by atoms with van der Waals surface area (Å²) in [6, 6.07) is 3.33. The summed E-state index contributed by atoms with van der Waals surface area (Å²) in [7, 11) is 0. The van der Waals surface area contributed by atoms with Gasteiger partial charge in [0, 0.05) is 23.3 Å². The van der Waals surface area contributed by atoms with Gasteiger partial charge < -0.3 is 11.1 Å². The SMILES string of the molecule is N#CC(NC(=O)C1(N)CC1C1CC1)c1cncc2c(F)c(F)ccc12. The molecular formula is C18H16F2N4O. The molecule has 0 radical (unpaired) electrons. The van der Waals surface area contributed by atoms with Crippen LogP contribution in [0.4, 0.5) is 8.78 Å². The van der Waals surface area contributed by atoms with Crippen LogP contribution in [0.1, 0.15) is 30.9 Å². The lowest BCUT2D eigenvalue weighted by Crippen LogP contribution is -2.45. The summed E-state index contributed by atoms with van der Waals surface area (Å²) in [6.45, 7) is 0. The minimum absolute atomic E-state index is 0.0308. The summed E-state index contributed by atoms with van der Waals surface area (Å²) >= 11 is 0. The standard InChI is InChI=1S/C18H16F2N4O/c19-14-4-3-10-11(7-23-8-12(10)16(14)20)15(6-21)24-17(25)18(22)5-13(18)9-1-2-9/h3-4,7-9,13,15H,1-2,5,22H2,(H,24,25). The number of hydrogen-bond donors (Lipinski definition) is 2. The van der Waals surface area contributed by atoms with Crippen molar-refractivity contribution in [3.05, 3.63) is 41.7 Å². The number of benzene rings is 1. The van der Waals surface area contributed by atoms with Crippen molar-refractivity contribution >= 4 is 16.7 Å². The lowest BCUT2D eigenvalue weighted by Gasteiger charge is -2.18. The molecule has 1 amide bonds. The molecule has 7 heteroatoms. The first kappa shape index (κ1) is 15.9. The van der Waals surface area contributed by atoms with Gasteiger partial charge in [-0.2, -0.15) is 5.26 Å². The lowest BCUT2D eigenvalue weighted by atomic mass is 10.0. The van der Waals surface area contributed by atoms with E-state index in [0.717, 1.165) is 18.9 Å². The van der Waals surface area contributed by atoms with Crippen LogP contribution >= 0.6 is 0 Å². The molecule has 4 rings (SSSR count). The fraction of sp³-hybridized carbons (Fsp3) is 0.389. The Balaban J connectivity index is 1.64. The van der Waals surface area contributed by atoms with Gasteiger partial charge in [0.2, 0.25) is 5.91 Å². The van der Waals surface area contributed by atoms with Crippen molar-refractivity contribution in [3.63, 3.8) is 0 Å². The normalized spacial score (nSPS) is 26.1. The highest BCUT2D eigenvalue weighted by Crippen LogP contribution is 2.55. The van der Waals surface area contributed by atoms with Gasteiger partial charge in [-0.3, -0.25) is 9.78 Å². The quantitative estimate of drug-likeness (QED) is 0.892. The number of halogens is 2. The Morgan fingerprint density at radius 1 is 1.36 bits per heavy atom. The number of nitriles is 1. The largest absolute Gasteiger partial charge is 0.335 e. The first-order chi connectivity index (χ1) is 12.0. The molecule has 2 saturated carbocycles. The van der Waals surface area contributed by atoms with Crippen LogP contribution in [0.15, 0.2) is 24.5 Å². The van der Waals surface area contributed by atoms with Crippen molar-refractivity contribution in [3.8, 4) is 6.07 Å². The molecule has 3 unspecified atom stereocenters. The molecule has 2 aromatic rings. The molecule has 128 valence electrons. The van der Waals surface area contributed by atoms with E-state index in [1.54, 1.807) is 0 Å².